The van der Waals surface area contributed by atoms with E-state index in [2.05, 4.69) is 34.7 Å². The van der Waals surface area contributed by atoms with Crippen LogP contribution >= 0.6 is 0 Å². The van der Waals surface area contributed by atoms with Crippen LogP contribution in [0.15, 0.2) is 47.5 Å². The lowest BCUT2D eigenvalue weighted by molar-refractivity contribution is 0.0827. The van der Waals surface area contributed by atoms with E-state index >= 15 is 0 Å². The molecule has 32 heavy (non-hydrogen) atoms. The summed E-state index contributed by atoms with van der Waals surface area (Å²) in [6, 6.07) is 13.7. The SMILES string of the molecule is CCNC(=NCc1ccc(C(=O)N(C)C)cc1)NCc1ccc(C)cc1OCCOCC. The van der Waals surface area contributed by atoms with E-state index in [0.29, 0.717) is 38.5 Å². The first-order valence-corrected chi connectivity index (χ1v) is 11.1. The number of hydrogen-bond donors (Lipinski definition) is 2. The second-order valence-electron chi connectivity index (χ2n) is 7.60. The van der Waals surface area contributed by atoms with E-state index in [1.54, 1.807) is 19.0 Å². The van der Waals surface area contributed by atoms with Crippen molar-refractivity contribution in [2.24, 2.45) is 4.99 Å². The van der Waals surface area contributed by atoms with E-state index in [-0.39, 0.29) is 5.91 Å². The van der Waals surface area contributed by atoms with Crippen LogP contribution in [0.25, 0.3) is 0 Å². The summed E-state index contributed by atoms with van der Waals surface area (Å²) < 4.78 is 11.3. The number of ether oxygens (including phenoxy) is 2. The standard InChI is InChI=1S/C25H36N4O3/c1-6-26-25(27-17-20-9-12-21(13-10-20)24(30)29(4)5)28-18-22-11-8-19(3)16-23(22)32-15-14-31-7-2/h8-13,16H,6-7,14-15,17-18H2,1-5H3,(H2,26,27,28). The van der Waals surface area contributed by atoms with Crippen molar-refractivity contribution in [2.45, 2.75) is 33.9 Å². The minimum absolute atomic E-state index is 0.00701. The molecule has 0 aliphatic rings. The van der Waals surface area contributed by atoms with Crippen LogP contribution in [-0.4, -0.2) is 57.2 Å². The van der Waals surface area contributed by atoms with Gasteiger partial charge < -0.3 is 25.0 Å². The number of hydrogen-bond acceptors (Lipinski definition) is 4. The molecule has 2 N–H and O–H groups in total. The maximum Gasteiger partial charge on any atom is 0.253 e. The van der Waals surface area contributed by atoms with E-state index in [1.165, 1.54) is 0 Å². The molecule has 174 valence electrons. The Labute approximate surface area is 191 Å². The molecule has 0 heterocycles. The summed E-state index contributed by atoms with van der Waals surface area (Å²) in [6.07, 6.45) is 0. The third-order valence-electron chi connectivity index (χ3n) is 4.73. The summed E-state index contributed by atoms with van der Waals surface area (Å²) in [7, 11) is 3.50. The molecule has 7 nitrogen and oxygen atoms in total. The van der Waals surface area contributed by atoms with Gasteiger partial charge in [-0.25, -0.2) is 4.99 Å². The minimum atomic E-state index is -0.00701. The molecular weight excluding hydrogens is 404 g/mol. The van der Waals surface area contributed by atoms with Crippen LogP contribution in [0, 0.1) is 6.92 Å². The molecule has 0 radical (unpaired) electrons. The van der Waals surface area contributed by atoms with Gasteiger partial charge in [-0.2, -0.15) is 0 Å². The summed E-state index contributed by atoms with van der Waals surface area (Å²) in [5, 5.41) is 6.66. The second-order valence-corrected chi connectivity index (χ2v) is 7.60. The van der Waals surface area contributed by atoms with E-state index in [4.69, 9.17) is 9.47 Å². The molecule has 0 fully saturated rings. The highest BCUT2D eigenvalue weighted by Crippen LogP contribution is 2.20. The number of nitrogens with zero attached hydrogens (tertiary/aromatic N) is 2. The average Bonchev–Trinajstić information content (AvgIpc) is 2.79. The molecule has 0 aromatic heterocycles. The van der Waals surface area contributed by atoms with Crippen LogP contribution in [0.3, 0.4) is 0 Å². The van der Waals surface area contributed by atoms with Gasteiger partial charge in [0, 0.05) is 44.9 Å². The molecule has 2 aromatic carbocycles. The zero-order valence-corrected chi connectivity index (χ0v) is 19.9. The van der Waals surface area contributed by atoms with Gasteiger partial charge in [-0.15, -0.1) is 0 Å². The summed E-state index contributed by atoms with van der Waals surface area (Å²) in [5.41, 5.74) is 3.91. The lowest BCUT2D eigenvalue weighted by Crippen LogP contribution is -2.36. The van der Waals surface area contributed by atoms with Crippen LogP contribution in [0.1, 0.15) is 40.9 Å². The second kappa shape index (κ2) is 13.4. The summed E-state index contributed by atoms with van der Waals surface area (Å²) in [5.74, 6) is 1.57. The number of rotatable bonds is 11. The van der Waals surface area contributed by atoms with Crippen LogP contribution in [0.4, 0.5) is 0 Å². The predicted octanol–water partition coefficient (Wildman–Crippen LogP) is 3.37. The lowest BCUT2D eigenvalue weighted by atomic mass is 10.1. The zero-order valence-electron chi connectivity index (χ0n) is 19.9. The van der Waals surface area contributed by atoms with Crippen molar-refractivity contribution < 1.29 is 14.3 Å². The molecule has 2 rings (SSSR count). The van der Waals surface area contributed by atoms with Gasteiger partial charge in [0.25, 0.3) is 5.91 Å². The van der Waals surface area contributed by atoms with Crippen molar-refractivity contribution in [3.05, 3.63) is 64.7 Å². The van der Waals surface area contributed by atoms with Gasteiger partial charge in [0.2, 0.25) is 0 Å². The molecule has 0 saturated heterocycles. The fourth-order valence-corrected chi connectivity index (χ4v) is 3.00. The van der Waals surface area contributed by atoms with E-state index in [9.17, 15) is 4.79 Å². The number of amides is 1. The van der Waals surface area contributed by atoms with Crippen molar-refractivity contribution in [3.63, 3.8) is 0 Å². The monoisotopic (exact) mass is 440 g/mol. The topological polar surface area (TPSA) is 75.2 Å². The largest absolute Gasteiger partial charge is 0.491 e. The van der Waals surface area contributed by atoms with Crippen LogP contribution < -0.4 is 15.4 Å². The van der Waals surface area contributed by atoms with Crippen molar-refractivity contribution in [1.82, 2.24) is 15.5 Å². The highest BCUT2D eigenvalue weighted by molar-refractivity contribution is 5.93. The zero-order chi connectivity index (χ0) is 23.3. The third-order valence-corrected chi connectivity index (χ3v) is 4.73. The summed E-state index contributed by atoms with van der Waals surface area (Å²) >= 11 is 0. The summed E-state index contributed by atoms with van der Waals surface area (Å²) in [6.45, 7) is 9.69. The molecule has 1 amide bonds. The Morgan fingerprint density at radius 3 is 2.44 bits per heavy atom. The third kappa shape index (κ3) is 8.23. The highest BCUT2D eigenvalue weighted by atomic mass is 16.5. The van der Waals surface area contributed by atoms with Gasteiger partial charge in [0.05, 0.1) is 13.2 Å². The molecule has 0 bridgehead atoms. The van der Waals surface area contributed by atoms with Crippen LogP contribution in [-0.2, 0) is 17.8 Å². The molecule has 0 spiro atoms. The number of carbonyl (C=O) groups excluding carboxylic acids is 1. The molecule has 0 atom stereocenters. The number of aryl methyl sites for hydroxylation is 1. The maximum atomic E-state index is 12.0. The van der Waals surface area contributed by atoms with Gasteiger partial charge in [0.15, 0.2) is 5.96 Å². The minimum Gasteiger partial charge on any atom is -0.491 e. The highest BCUT2D eigenvalue weighted by Gasteiger charge is 2.08. The number of aliphatic imine (C=N–C) groups is 1. The first-order valence-electron chi connectivity index (χ1n) is 11.1. The smallest absolute Gasteiger partial charge is 0.253 e. The van der Waals surface area contributed by atoms with Crippen molar-refractivity contribution in [2.75, 3.05) is 40.5 Å². The Bertz CT molecular complexity index is 879. The first-order chi connectivity index (χ1) is 15.4. The van der Waals surface area contributed by atoms with Gasteiger partial charge in [-0.05, 0) is 50.1 Å². The number of carbonyl (C=O) groups is 1. The quantitative estimate of drug-likeness (QED) is 0.318. The fourth-order valence-electron chi connectivity index (χ4n) is 3.00. The normalized spacial score (nSPS) is 11.2. The maximum absolute atomic E-state index is 12.0. The van der Waals surface area contributed by atoms with Crippen LogP contribution in [0.5, 0.6) is 5.75 Å². The first kappa shape index (κ1) is 25.2. The molecule has 7 heteroatoms. The Morgan fingerprint density at radius 2 is 1.78 bits per heavy atom. The molecular formula is C25H36N4O3. The van der Waals surface area contributed by atoms with Crippen molar-refractivity contribution in [1.29, 1.82) is 0 Å². The summed E-state index contributed by atoms with van der Waals surface area (Å²) in [4.78, 5) is 18.3. The lowest BCUT2D eigenvalue weighted by Gasteiger charge is -2.15. The Balaban J connectivity index is 2.01. The van der Waals surface area contributed by atoms with Gasteiger partial charge in [0.1, 0.15) is 12.4 Å². The van der Waals surface area contributed by atoms with E-state index in [1.807, 2.05) is 44.2 Å². The molecule has 0 unspecified atom stereocenters. The average molecular weight is 441 g/mol. The van der Waals surface area contributed by atoms with Gasteiger partial charge in [-0.3, -0.25) is 4.79 Å². The molecule has 0 saturated carbocycles. The number of benzene rings is 2. The molecule has 0 aliphatic heterocycles. The Kier molecular flexibility index (Phi) is 10.5. The molecule has 0 aliphatic carbocycles. The van der Waals surface area contributed by atoms with E-state index in [0.717, 1.165) is 34.9 Å². The number of nitrogens with one attached hydrogen (secondary N) is 2. The van der Waals surface area contributed by atoms with E-state index < -0.39 is 0 Å². The Morgan fingerprint density at radius 1 is 1.03 bits per heavy atom. The Hall–Kier alpha value is -3.06. The van der Waals surface area contributed by atoms with Crippen molar-refractivity contribution >= 4 is 11.9 Å². The predicted molar refractivity (Wildman–Crippen MR) is 129 cm³/mol. The fraction of sp³-hybridized carbons (Fsp3) is 0.440. The van der Waals surface area contributed by atoms with Crippen molar-refractivity contribution in [3.8, 4) is 5.75 Å². The van der Waals surface area contributed by atoms with Crippen LogP contribution in [0.2, 0.25) is 0 Å². The van der Waals surface area contributed by atoms with Gasteiger partial charge in [-0.1, -0.05) is 24.3 Å². The number of guanidine groups is 1. The van der Waals surface area contributed by atoms with Gasteiger partial charge >= 0.3 is 0 Å². The molecule has 2 aromatic rings.